The summed E-state index contributed by atoms with van der Waals surface area (Å²) in [7, 11) is 1.59. The van der Waals surface area contributed by atoms with Crippen molar-refractivity contribution in [1.82, 2.24) is 14.6 Å². The molecule has 8 heteroatoms. The number of imidazole rings is 1. The van der Waals surface area contributed by atoms with Gasteiger partial charge in [0.15, 0.2) is 0 Å². The van der Waals surface area contributed by atoms with E-state index in [1.807, 2.05) is 42.0 Å². The molecule has 4 rings (SSSR count). The zero-order valence-electron chi connectivity index (χ0n) is 17.2. The molecule has 1 aromatic heterocycles. The molecule has 3 aromatic rings. The Labute approximate surface area is 178 Å². The number of aryl methyl sites for hydroxylation is 1. The van der Waals surface area contributed by atoms with Gasteiger partial charge < -0.3 is 9.30 Å². The summed E-state index contributed by atoms with van der Waals surface area (Å²) in [5, 5.41) is 1.38. The molecule has 0 spiro atoms. The standard InChI is InChI=1S/C23H22F2N4O2/c1-15-13-28(14-26-15)21-6-5-16(9-22(21)31-2)8-17-4-3-7-29(23(17)30)27-20-11-18(24)10-19(25)12-20/h5-6,8-14,27H,3-4,7H2,1-2H3/b17-8+. The predicted molar refractivity (Wildman–Crippen MR) is 114 cm³/mol. The number of nitrogens with zero attached hydrogens (tertiary/aromatic N) is 3. The molecule has 0 radical (unpaired) electrons. The average Bonchev–Trinajstić information content (AvgIpc) is 3.16. The van der Waals surface area contributed by atoms with Crippen molar-refractivity contribution in [3.05, 3.63) is 77.4 Å². The van der Waals surface area contributed by atoms with Gasteiger partial charge in [-0.15, -0.1) is 0 Å². The van der Waals surface area contributed by atoms with Crippen LogP contribution in [0, 0.1) is 18.6 Å². The number of carbonyl (C=O) groups excluding carboxylic acids is 1. The van der Waals surface area contributed by atoms with Crippen molar-refractivity contribution in [3.63, 3.8) is 0 Å². The number of benzene rings is 2. The third-order valence-electron chi connectivity index (χ3n) is 5.01. The molecule has 1 saturated heterocycles. The summed E-state index contributed by atoms with van der Waals surface area (Å²) in [6.07, 6.45) is 6.77. The van der Waals surface area contributed by atoms with Crippen molar-refractivity contribution in [1.29, 1.82) is 0 Å². The van der Waals surface area contributed by atoms with Crippen molar-refractivity contribution in [3.8, 4) is 11.4 Å². The zero-order chi connectivity index (χ0) is 22.0. The molecule has 1 aliphatic rings. The minimum absolute atomic E-state index is 0.189. The van der Waals surface area contributed by atoms with E-state index in [4.69, 9.17) is 4.74 Å². The Morgan fingerprint density at radius 2 is 1.94 bits per heavy atom. The van der Waals surface area contributed by atoms with E-state index < -0.39 is 11.6 Å². The van der Waals surface area contributed by atoms with Crippen LogP contribution < -0.4 is 10.2 Å². The lowest BCUT2D eigenvalue weighted by Crippen LogP contribution is -2.41. The minimum Gasteiger partial charge on any atom is -0.495 e. The van der Waals surface area contributed by atoms with E-state index in [-0.39, 0.29) is 11.6 Å². The van der Waals surface area contributed by atoms with Crippen molar-refractivity contribution in [2.45, 2.75) is 19.8 Å². The summed E-state index contributed by atoms with van der Waals surface area (Å²) >= 11 is 0. The number of methoxy groups -OCH3 is 1. The number of piperidine rings is 1. The van der Waals surface area contributed by atoms with Gasteiger partial charge in [-0.05, 0) is 55.7 Å². The number of hydrogen-bond acceptors (Lipinski definition) is 4. The SMILES string of the molecule is COc1cc(/C=C2\CCCN(Nc3cc(F)cc(F)c3)C2=O)ccc1-n1cnc(C)c1. The van der Waals surface area contributed by atoms with Crippen LogP contribution in [-0.4, -0.2) is 34.1 Å². The summed E-state index contributed by atoms with van der Waals surface area (Å²) in [4.78, 5) is 17.2. The summed E-state index contributed by atoms with van der Waals surface area (Å²) in [5.74, 6) is -0.990. The molecular weight excluding hydrogens is 402 g/mol. The van der Waals surface area contributed by atoms with Crippen LogP contribution in [0.15, 0.2) is 54.5 Å². The van der Waals surface area contributed by atoms with E-state index in [9.17, 15) is 13.6 Å². The Hall–Kier alpha value is -3.68. The van der Waals surface area contributed by atoms with Crippen LogP contribution in [0.1, 0.15) is 24.1 Å². The van der Waals surface area contributed by atoms with Crippen LogP contribution in [-0.2, 0) is 4.79 Å². The van der Waals surface area contributed by atoms with Crippen molar-refractivity contribution >= 4 is 17.7 Å². The number of hydrogen-bond donors (Lipinski definition) is 1. The lowest BCUT2D eigenvalue weighted by molar-refractivity contribution is -0.127. The molecule has 0 bridgehead atoms. The molecular formula is C23H22F2N4O2. The first-order valence-electron chi connectivity index (χ1n) is 9.87. The van der Waals surface area contributed by atoms with Crippen molar-refractivity contribution in [2.24, 2.45) is 0 Å². The Bertz CT molecular complexity index is 1140. The Balaban J connectivity index is 1.57. The third kappa shape index (κ3) is 4.58. The van der Waals surface area contributed by atoms with E-state index >= 15 is 0 Å². The minimum atomic E-state index is -0.706. The number of anilines is 1. The highest BCUT2D eigenvalue weighted by molar-refractivity contribution is 5.99. The maximum Gasteiger partial charge on any atom is 0.268 e. The maximum atomic E-state index is 13.5. The van der Waals surface area contributed by atoms with Crippen LogP contribution in [0.4, 0.5) is 14.5 Å². The van der Waals surface area contributed by atoms with Crippen molar-refractivity contribution < 1.29 is 18.3 Å². The molecule has 160 valence electrons. The number of halogens is 2. The van der Waals surface area contributed by atoms with Crippen LogP contribution in [0.5, 0.6) is 5.75 Å². The predicted octanol–water partition coefficient (Wildman–Crippen LogP) is 4.50. The number of amides is 1. The lowest BCUT2D eigenvalue weighted by Gasteiger charge is -2.29. The van der Waals surface area contributed by atoms with Gasteiger partial charge in [-0.2, -0.15) is 0 Å². The van der Waals surface area contributed by atoms with Gasteiger partial charge in [-0.25, -0.2) is 13.8 Å². The second-order valence-electron chi connectivity index (χ2n) is 7.35. The van der Waals surface area contributed by atoms with Gasteiger partial charge >= 0.3 is 0 Å². The summed E-state index contributed by atoms with van der Waals surface area (Å²) in [6.45, 7) is 2.35. The van der Waals surface area contributed by atoms with Gasteiger partial charge in [0.1, 0.15) is 17.4 Å². The quantitative estimate of drug-likeness (QED) is 0.613. The summed E-state index contributed by atoms with van der Waals surface area (Å²) in [5.41, 5.74) is 6.16. The molecule has 0 aliphatic carbocycles. The highest BCUT2D eigenvalue weighted by Gasteiger charge is 2.23. The van der Waals surface area contributed by atoms with E-state index in [1.54, 1.807) is 13.4 Å². The number of aromatic nitrogens is 2. The topological polar surface area (TPSA) is 59.4 Å². The molecule has 6 nitrogen and oxygen atoms in total. The molecule has 0 unspecified atom stereocenters. The molecule has 0 saturated carbocycles. The monoisotopic (exact) mass is 424 g/mol. The fourth-order valence-corrected chi connectivity index (χ4v) is 3.58. The van der Waals surface area contributed by atoms with E-state index in [0.29, 0.717) is 24.3 Å². The number of nitrogens with one attached hydrogen (secondary N) is 1. The first kappa shape index (κ1) is 20.6. The van der Waals surface area contributed by atoms with Crippen LogP contribution in [0.25, 0.3) is 11.8 Å². The van der Waals surface area contributed by atoms with Gasteiger partial charge in [0, 0.05) is 24.4 Å². The van der Waals surface area contributed by atoms with E-state index in [2.05, 4.69) is 10.4 Å². The average molecular weight is 424 g/mol. The smallest absolute Gasteiger partial charge is 0.268 e. The molecule has 1 N–H and O–H groups in total. The van der Waals surface area contributed by atoms with Gasteiger partial charge in [-0.1, -0.05) is 6.07 Å². The summed E-state index contributed by atoms with van der Waals surface area (Å²) in [6, 6.07) is 8.76. The van der Waals surface area contributed by atoms with Gasteiger partial charge in [-0.3, -0.25) is 15.2 Å². The second kappa shape index (κ2) is 8.59. The fourth-order valence-electron chi connectivity index (χ4n) is 3.58. The highest BCUT2D eigenvalue weighted by atomic mass is 19.1. The summed E-state index contributed by atoms with van der Waals surface area (Å²) < 4.78 is 34.3. The molecule has 0 atom stereocenters. The second-order valence-corrected chi connectivity index (χ2v) is 7.35. The third-order valence-corrected chi connectivity index (χ3v) is 5.01. The molecule has 1 aliphatic heterocycles. The number of carbonyl (C=O) groups is 1. The van der Waals surface area contributed by atoms with Crippen molar-refractivity contribution in [2.75, 3.05) is 19.1 Å². The Morgan fingerprint density at radius 1 is 1.16 bits per heavy atom. The van der Waals surface area contributed by atoms with Gasteiger partial charge in [0.05, 0.1) is 30.5 Å². The first-order chi connectivity index (χ1) is 14.9. The largest absolute Gasteiger partial charge is 0.495 e. The highest BCUT2D eigenvalue weighted by Crippen LogP contribution is 2.27. The molecule has 2 aromatic carbocycles. The normalized spacial score (nSPS) is 15.4. The van der Waals surface area contributed by atoms with Crippen LogP contribution in [0.2, 0.25) is 0 Å². The lowest BCUT2D eigenvalue weighted by atomic mass is 10.0. The van der Waals surface area contributed by atoms with Crippen LogP contribution >= 0.6 is 0 Å². The molecule has 31 heavy (non-hydrogen) atoms. The number of hydrazine groups is 1. The van der Waals surface area contributed by atoms with Gasteiger partial charge in [0.25, 0.3) is 5.91 Å². The number of ether oxygens (including phenoxy) is 1. The maximum absolute atomic E-state index is 13.5. The van der Waals surface area contributed by atoms with E-state index in [1.165, 1.54) is 5.01 Å². The fraction of sp³-hybridized carbons (Fsp3) is 0.217. The zero-order valence-corrected chi connectivity index (χ0v) is 17.2. The van der Waals surface area contributed by atoms with Crippen LogP contribution in [0.3, 0.4) is 0 Å². The first-order valence-corrected chi connectivity index (χ1v) is 9.87. The number of rotatable bonds is 5. The van der Waals surface area contributed by atoms with Gasteiger partial charge in [0.2, 0.25) is 0 Å². The molecule has 1 fully saturated rings. The Kier molecular flexibility index (Phi) is 5.70. The molecule has 2 heterocycles. The van der Waals surface area contributed by atoms with E-state index in [0.717, 1.165) is 41.6 Å². The molecule has 1 amide bonds. The Morgan fingerprint density at radius 3 is 2.61 bits per heavy atom.